The first-order chi connectivity index (χ1) is 18.4. The van der Waals surface area contributed by atoms with Gasteiger partial charge in [-0.25, -0.2) is 0 Å². The molecule has 0 aliphatic heterocycles. The summed E-state index contributed by atoms with van der Waals surface area (Å²) >= 11 is 8.53. The molecular weight excluding hydrogens is 544 g/mol. The van der Waals surface area contributed by atoms with Crippen molar-refractivity contribution in [2.45, 2.75) is 96.4 Å². The van der Waals surface area contributed by atoms with Crippen molar-refractivity contribution in [2.75, 3.05) is 7.11 Å². The Morgan fingerprint density at radius 1 is 1.23 bits per heavy atom. The van der Waals surface area contributed by atoms with Gasteiger partial charge in [-0.1, -0.05) is 74.9 Å². The fourth-order valence-electron chi connectivity index (χ4n) is 4.81. The van der Waals surface area contributed by atoms with Crippen LogP contribution in [0.25, 0.3) is 10.1 Å². The highest BCUT2D eigenvalue weighted by atomic mass is 35.5. The van der Waals surface area contributed by atoms with E-state index in [2.05, 4.69) is 76.4 Å². The molecule has 1 aliphatic carbocycles. The predicted molar refractivity (Wildman–Crippen MR) is 167 cm³/mol. The number of Topliss-reactive ketones (excluding diaryl/α,β-unsaturated/α-hetero) is 1. The summed E-state index contributed by atoms with van der Waals surface area (Å²) in [4.78, 5) is 25.2. The molecule has 0 saturated heterocycles. The Labute approximate surface area is 244 Å². The summed E-state index contributed by atoms with van der Waals surface area (Å²) in [5, 5.41) is 2.10. The largest absolute Gasteiger partial charge is 0.469 e. The molecule has 1 heterocycles. The fraction of sp³-hybridized carbons (Fsp3) is 0.562. The first kappa shape index (κ1) is 31.8. The molecule has 1 unspecified atom stereocenters. The number of unbranched alkanes of at least 4 members (excludes halogenated alkanes) is 1. The quantitative estimate of drug-likeness (QED) is 0.101. The second-order valence-corrected chi connectivity index (χ2v) is 18.4. The van der Waals surface area contributed by atoms with E-state index >= 15 is 0 Å². The number of ether oxygens (including phenoxy) is 1. The molecule has 1 saturated carbocycles. The van der Waals surface area contributed by atoms with Crippen LogP contribution in [0.15, 0.2) is 48.6 Å². The van der Waals surface area contributed by atoms with Crippen LogP contribution in [-0.4, -0.2) is 33.3 Å². The summed E-state index contributed by atoms with van der Waals surface area (Å²) in [5.41, 5.74) is 0. The minimum Gasteiger partial charge on any atom is -0.469 e. The van der Waals surface area contributed by atoms with E-state index in [1.54, 1.807) is 11.3 Å². The van der Waals surface area contributed by atoms with Gasteiger partial charge in [0.1, 0.15) is 5.78 Å². The van der Waals surface area contributed by atoms with Gasteiger partial charge in [-0.05, 0) is 68.6 Å². The maximum Gasteiger partial charge on any atom is 0.305 e. The molecule has 7 heteroatoms. The number of allylic oxidation sites excluding steroid dienone is 3. The van der Waals surface area contributed by atoms with E-state index in [-0.39, 0.29) is 28.9 Å². The Hall–Kier alpha value is -1.73. The molecule has 1 fully saturated rings. The standard InChI is InChI=1S/C32H45ClO4SSi/c1-32(2,3)39(5,6)37-24(20-22-29-31(33)26-14-11-12-15-28(26)38-29)19-17-23-18-21-27(34)25(23)13-9-7-8-10-16-30(35)36-4/h7,9,11-12,14-15,17,19,23-25H,8,10,13,16,18,20-22H2,1-6H3/b9-7-,19-17+/t23-,24?,25+/m0/s1. The van der Waals surface area contributed by atoms with Gasteiger partial charge in [0.05, 0.1) is 18.2 Å². The summed E-state index contributed by atoms with van der Waals surface area (Å²) in [6.45, 7) is 11.4. The van der Waals surface area contributed by atoms with Crippen molar-refractivity contribution in [3.63, 3.8) is 0 Å². The Kier molecular flexibility index (Phi) is 11.6. The smallest absolute Gasteiger partial charge is 0.305 e. The molecule has 1 aliphatic rings. The summed E-state index contributed by atoms with van der Waals surface area (Å²) in [6, 6.07) is 8.31. The monoisotopic (exact) mass is 588 g/mol. The number of carbonyl (C=O) groups is 2. The zero-order valence-corrected chi connectivity index (χ0v) is 27.0. The molecule has 214 valence electrons. The maximum absolute atomic E-state index is 12.7. The van der Waals surface area contributed by atoms with Crippen LogP contribution < -0.4 is 0 Å². The van der Waals surface area contributed by atoms with Crippen molar-refractivity contribution in [2.24, 2.45) is 11.8 Å². The van der Waals surface area contributed by atoms with E-state index in [1.165, 1.54) is 16.7 Å². The van der Waals surface area contributed by atoms with Crippen molar-refractivity contribution in [1.82, 2.24) is 0 Å². The van der Waals surface area contributed by atoms with Crippen molar-refractivity contribution >= 4 is 53.1 Å². The molecule has 2 aromatic rings. The first-order valence-corrected chi connectivity index (χ1v) is 18.3. The maximum atomic E-state index is 12.7. The summed E-state index contributed by atoms with van der Waals surface area (Å²) in [7, 11) is -0.580. The zero-order chi connectivity index (χ0) is 28.6. The van der Waals surface area contributed by atoms with E-state index < -0.39 is 8.32 Å². The molecule has 0 radical (unpaired) electrons. The van der Waals surface area contributed by atoms with Crippen LogP contribution in [0.3, 0.4) is 0 Å². The molecule has 1 aromatic heterocycles. The lowest BCUT2D eigenvalue weighted by molar-refractivity contribution is -0.140. The van der Waals surface area contributed by atoms with E-state index in [0.29, 0.717) is 18.6 Å². The van der Waals surface area contributed by atoms with E-state index in [1.807, 2.05) is 6.07 Å². The second kappa shape index (κ2) is 14.2. The third-order valence-corrected chi connectivity index (χ3v) is 14.6. The number of methoxy groups -OCH3 is 1. The third-order valence-electron chi connectivity index (χ3n) is 8.27. The predicted octanol–water partition coefficient (Wildman–Crippen LogP) is 9.32. The van der Waals surface area contributed by atoms with Crippen LogP contribution in [0.4, 0.5) is 0 Å². The molecular formula is C32H45ClO4SSi. The molecule has 3 rings (SSSR count). The summed E-state index contributed by atoms with van der Waals surface area (Å²) in [5.74, 6) is 0.422. The molecule has 1 aromatic carbocycles. The van der Waals surface area contributed by atoms with Crippen molar-refractivity contribution in [3.05, 3.63) is 58.5 Å². The highest BCUT2D eigenvalue weighted by Gasteiger charge is 2.39. The summed E-state index contributed by atoms with van der Waals surface area (Å²) in [6.07, 6.45) is 14.7. The number of fused-ring (bicyclic) bond motifs is 1. The number of rotatable bonds is 13. The highest BCUT2D eigenvalue weighted by Crippen LogP contribution is 2.40. The minimum absolute atomic E-state index is 0.0163. The fourth-order valence-corrected chi connectivity index (χ4v) is 7.66. The van der Waals surface area contributed by atoms with Gasteiger partial charge in [-0.3, -0.25) is 9.59 Å². The Balaban J connectivity index is 1.68. The molecule has 0 bridgehead atoms. The Bertz CT molecular complexity index is 1180. The highest BCUT2D eigenvalue weighted by molar-refractivity contribution is 7.19. The minimum atomic E-state index is -2.00. The van der Waals surface area contributed by atoms with Crippen LogP contribution in [-0.2, 0) is 25.2 Å². The van der Waals surface area contributed by atoms with E-state index in [0.717, 1.165) is 48.9 Å². The molecule has 0 spiro atoms. The lowest BCUT2D eigenvalue weighted by Crippen LogP contribution is -2.43. The number of benzene rings is 1. The van der Waals surface area contributed by atoms with Gasteiger partial charge in [0.15, 0.2) is 8.32 Å². The van der Waals surface area contributed by atoms with Crippen LogP contribution >= 0.6 is 22.9 Å². The van der Waals surface area contributed by atoms with Crippen molar-refractivity contribution in [3.8, 4) is 0 Å². The van der Waals surface area contributed by atoms with Crippen LogP contribution in [0, 0.1) is 11.8 Å². The van der Waals surface area contributed by atoms with Crippen molar-refractivity contribution < 1.29 is 18.8 Å². The molecule has 4 nitrogen and oxygen atoms in total. The van der Waals surface area contributed by atoms with Gasteiger partial charge in [0, 0.05) is 33.7 Å². The van der Waals surface area contributed by atoms with Crippen molar-refractivity contribution in [1.29, 1.82) is 0 Å². The van der Waals surface area contributed by atoms with Crippen LogP contribution in [0.1, 0.15) is 70.6 Å². The van der Waals surface area contributed by atoms with Crippen LogP contribution in [0.2, 0.25) is 23.2 Å². The molecule has 39 heavy (non-hydrogen) atoms. The van der Waals surface area contributed by atoms with E-state index in [4.69, 9.17) is 20.8 Å². The average Bonchev–Trinajstić information content (AvgIpc) is 3.40. The number of hydrogen-bond acceptors (Lipinski definition) is 5. The SMILES string of the molecule is COC(=O)CCC/C=C\C[C@H]1C(=O)CC[C@@H]1/C=C/C(CCc1sc2ccccc2c1Cl)O[Si](C)(C)C(C)(C)C. The van der Waals surface area contributed by atoms with Gasteiger partial charge in [0.25, 0.3) is 0 Å². The van der Waals surface area contributed by atoms with Gasteiger partial charge in [-0.2, -0.15) is 0 Å². The molecule has 0 amide bonds. The normalized spacial score (nSPS) is 19.5. The number of carbonyl (C=O) groups excluding carboxylic acids is 2. The first-order valence-electron chi connectivity index (χ1n) is 14.2. The van der Waals surface area contributed by atoms with Gasteiger partial charge >= 0.3 is 5.97 Å². The molecule has 3 atom stereocenters. The van der Waals surface area contributed by atoms with Crippen LogP contribution in [0.5, 0.6) is 0 Å². The van der Waals surface area contributed by atoms with Gasteiger partial charge in [0.2, 0.25) is 0 Å². The number of halogens is 1. The average molecular weight is 589 g/mol. The number of hydrogen-bond donors (Lipinski definition) is 0. The Morgan fingerprint density at radius 3 is 2.67 bits per heavy atom. The zero-order valence-electron chi connectivity index (χ0n) is 24.4. The summed E-state index contributed by atoms with van der Waals surface area (Å²) < 4.78 is 12.8. The van der Waals surface area contributed by atoms with Gasteiger partial charge in [-0.15, -0.1) is 11.3 Å². The molecule has 0 N–H and O–H groups in total. The number of aryl methyl sites for hydroxylation is 1. The number of esters is 1. The lowest BCUT2D eigenvalue weighted by atomic mass is 9.91. The van der Waals surface area contributed by atoms with E-state index in [9.17, 15) is 9.59 Å². The lowest BCUT2D eigenvalue weighted by Gasteiger charge is -2.38. The van der Waals surface area contributed by atoms with Gasteiger partial charge < -0.3 is 9.16 Å². The third kappa shape index (κ3) is 8.88. The second-order valence-electron chi connectivity index (χ2n) is 12.1. The number of thiophene rings is 1. The Morgan fingerprint density at radius 2 is 1.97 bits per heavy atom. The topological polar surface area (TPSA) is 52.6 Å². The number of ketones is 1.